The van der Waals surface area contributed by atoms with E-state index in [2.05, 4.69) is 19.1 Å². The molecule has 0 spiro atoms. The fraction of sp³-hybridized carbons (Fsp3) is 0.714. The summed E-state index contributed by atoms with van der Waals surface area (Å²) in [5.74, 6) is 2.56. The maximum Gasteiger partial charge on any atom is 0.00503 e. The zero-order valence-corrected chi connectivity index (χ0v) is 14.9. The van der Waals surface area contributed by atoms with E-state index in [0.717, 1.165) is 17.8 Å². The van der Waals surface area contributed by atoms with Crippen LogP contribution in [0.4, 0.5) is 0 Å². The Morgan fingerprint density at radius 2 is 1.86 bits per heavy atom. The van der Waals surface area contributed by atoms with Crippen LogP contribution in [-0.2, 0) is 0 Å². The number of thiol groups is 1. The summed E-state index contributed by atoms with van der Waals surface area (Å²) in [4.78, 5) is 0. The van der Waals surface area contributed by atoms with Gasteiger partial charge in [0.15, 0.2) is 0 Å². The SMILES string of the molecule is CCC(S)C1CCC2=C(C1)C1CC(C3CC3)=CCCC=C1C2. The lowest BCUT2D eigenvalue weighted by Crippen LogP contribution is -2.20. The summed E-state index contributed by atoms with van der Waals surface area (Å²) in [6.07, 6.45) is 18.6. The van der Waals surface area contributed by atoms with Crippen molar-refractivity contribution < 1.29 is 0 Å². The maximum atomic E-state index is 4.87. The second-order valence-corrected chi connectivity index (χ2v) is 8.61. The number of hydrogen-bond donors (Lipinski definition) is 1. The van der Waals surface area contributed by atoms with Crippen LogP contribution < -0.4 is 0 Å². The minimum absolute atomic E-state index is 0.606. The van der Waals surface area contributed by atoms with Crippen LogP contribution in [-0.4, -0.2) is 5.25 Å². The molecule has 3 atom stereocenters. The molecular weight excluding hydrogens is 284 g/mol. The lowest BCUT2D eigenvalue weighted by atomic mass is 9.77. The first-order chi connectivity index (χ1) is 10.8. The van der Waals surface area contributed by atoms with Gasteiger partial charge in [-0.05, 0) is 76.0 Å². The molecule has 1 saturated carbocycles. The summed E-state index contributed by atoms with van der Waals surface area (Å²) >= 11 is 4.87. The molecule has 3 unspecified atom stereocenters. The van der Waals surface area contributed by atoms with Crippen molar-refractivity contribution in [2.75, 3.05) is 0 Å². The third-order valence-electron chi connectivity index (χ3n) is 6.52. The molecule has 0 radical (unpaired) electrons. The Balaban J connectivity index is 1.57. The van der Waals surface area contributed by atoms with Crippen molar-refractivity contribution in [3.63, 3.8) is 0 Å². The smallest absolute Gasteiger partial charge is 0.00503 e. The zero-order chi connectivity index (χ0) is 15.1. The number of allylic oxidation sites excluding steroid dienone is 6. The van der Waals surface area contributed by atoms with Crippen molar-refractivity contribution >= 4 is 12.6 Å². The van der Waals surface area contributed by atoms with Crippen LogP contribution in [0.1, 0.15) is 71.1 Å². The number of hydrogen-bond acceptors (Lipinski definition) is 1. The fourth-order valence-corrected chi connectivity index (χ4v) is 5.26. The molecule has 4 rings (SSSR count). The molecule has 0 nitrogen and oxygen atoms in total. The van der Waals surface area contributed by atoms with Crippen LogP contribution >= 0.6 is 12.6 Å². The minimum atomic E-state index is 0.606. The van der Waals surface area contributed by atoms with Crippen molar-refractivity contribution in [1.82, 2.24) is 0 Å². The molecule has 22 heavy (non-hydrogen) atoms. The van der Waals surface area contributed by atoms with Crippen LogP contribution in [0.3, 0.4) is 0 Å². The number of fused-ring (bicyclic) bond motifs is 2. The summed E-state index contributed by atoms with van der Waals surface area (Å²) in [6.45, 7) is 2.30. The molecule has 1 heteroatoms. The Bertz CT molecular complexity index is 532. The van der Waals surface area contributed by atoms with Gasteiger partial charge in [-0.25, -0.2) is 0 Å². The van der Waals surface area contributed by atoms with Gasteiger partial charge in [0.25, 0.3) is 0 Å². The molecule has 0 aromatic carbocycles. The van der Waals surface area contributed by atoms with Gasteiger partial charge in [-0.1, -0.05) is 41.4 Å². The molecular formula is C21H30S. The van der Waals surface area contributed by atoms with Crippen LogP contribution in [0.5, 0.6) is 0 Å². The largest absolute Gasteiger partial charge is 0.176 e. The predicted molar refractivity (Wildman–Crippen MR) is 98.3 cm³/mol. The minimum Gasteiger partial charge on any atom is -0.176 e. The first-order valence-electron chi connectivity index (χ1n) is 9.53. The van der Waals surface area contributed by atoms with Crippen molar-refractivity contribution in [3.05, 3.63) is 34.4 Å². The molecule has 0 aromatic rings. The highest BCUT2D eigenvalue weighted by molar-refractivity contribution is 7.81. The second-order valence-electron chi connectivity index (χ2n) is 7.95. The Labute approximate surface area is 141 Å². The Morgan fingerprint density at radius 1 is 1.09 bits per heavy atom. The molecule has 0 heterocycles. The summed E-state index contributed by atoms with van der Waals surface area (Å²) in [5, 5.41) is 0.606. The molecule has 4 aliphatic rings. The molecule has 0 amide bonds. The van der Waals surface area contributed by atoms with E-state index in [1.165, 1.54) is 64.2 Å². The highest BCUT2D eigenvalue weighted by Crippen LogP contribution is 2.52. The number of rotatable bonds is 3. The van der Waals surface area contributed by atoms with Gasteiger partial charge >= 0.3 is 0 Å². The third kappa shape index (κ3) is 2.86. The van der Waals surface area contributed by atoms with Crippen molar-refractivity contribution in [2.24, 2.45) is 17.8 Å². The van der Waals surface area contributed by atoms with E-state index in [9.17, 15) is 0 Å². The highest BCUT2D eigenvalue weighted by Gasteiger charge is 2.37. The van der Waals surface area contributed by atoms with Gasteiger partial charge in [0.1, 0.15) is 0 Å². The van der Waals surface area contributed by atoms with E-state index in [4.69, 9.17) is 12.6 Å². The lowest BCUT2D eigenvalue weighted by molar-refractivity contribution is 0.420. The maximum absolute atomic E-state index is 4.87. The van der Waals surface area contributed by atoms with E-state index < -0.39 is 0 Å². The third-order valence-corrected chi connectivity index (χ3v) is 7.31. The summed E-state index contributed by atoms with van der Waals surface area (Å²) in [5.41, 5.74) is 7.26. The Morgan fingerprint density at radius 3 is 2.59 bits per heavy atom. The first kappa shape index (κ1) is 15.1. The molecule has 0 bridgehead atoms. The van der Waals surface area contributed by atoms with Gasteiger partial charge in [0.2, 0.25) is 0 Å². The van der Waals surface area contributed by atoms with Crippen molar-refractivity contribution in [2.45, 2.75) is 76.4 Å². The van der Waals surface area contributed by atoms with E-state index in [-0.39, 0.29) is 0 Å². The predicted octanol–water partition coefficient (Wildman–Crippen LogP) is 6.26. The Kier molecular flexibility index (Phi) is 4.28. The lowest BCUT2D eigenvalue weighted by Gasteiger charge is -2.30. The van der Waals surface area contributed by atoms with Gasteiger partial charge in [0, 0.05) is 11.2 Å². The topological polar surface area (TPSA) is 0 Å². The van der Waals surface area contributed by atoms with Gasteiger partial charge < -0.3 is 0 Å². The van der Waals surface area contributed by atoms with Gasteiger partial charge in [-0.2, -0.15) is 12.6 Å². The van der Waals surface area contributed by atoms with Crippen LogP contribution in [0, 0.1) is 17.8 Å². The highest BCUT2D eigenvalue weighted by atomic mass is 32.1. The van der Waals surface area contributed by atoms with Crippen molar-refractivity contribution in [1.29, 1.82) is 0 Å². The Hall–Kier alpha value is -0.430. The van der Waals surface area contributed by atoms with Gasteiger partial charge in [-0.3, -0.25) is 0 Å². The second kappa shape index (κ2) is 6.23. The standard InChI is InChI=1S/C21H30S/c1-2-21(22)18-10-9-17-11-16-6-4-3-5-15(14-7-8-14)12-19(16)20(17)13-18/h5-6,14,18-19,21-22H,2-4,7-13H2,1H3. The molecule has 1 fully saturated rings. The van der Waals surface area contributed by atoms with Crippen LogP contribution in [0.25, 0.3) is 0 Å². The molecule has 4 aliphatic carbocycles. The summed E-state index contributed by atoms with van der Waals surface area (Å²) < 4.78 is 0. The van der Waals surface area contributed by atoms with E-state index in [1.54, 1.807) is 5.57 Å². The van der Waals surface area contributed by atoms with E-state index >= 15 is 0 Å². The van der Waals surface area contributed by atoms with E-state index in [1.807, 2.05) is 16.7 Å². The average Bonchev–Trinajstić information content (AvgIpc) is 3.30. The fourth-order valence-electron chi connectivity index (χ4n) is 5.01. The van der Waals surface area contributed by atoms with Crippen molar-refractivity contribution in [3.8, 4) is 0 Å². The van der Waals surface area contributed by atoms with Gasteiger partial charge in [-0.15, -0.1) is 0 Å². The van der Waals surface area contributed by atoms with Crippen LogP contribution in [0.15, 0.2) is 34.4 Å². The summed E-state index contributed by atoms with van der Waals surface area (Å²) in [6, 6.07) is 0. The average molecular weight is 315 g/mol. The normalized spacial score (nSPS) is 33.4. The van der Waals surface area contributed by atoms with Crippen LogP contribution in [0.2, 0.25) is 0 Å². The molecule has 120 valence electrons. The van der Waals surface area contributed by atoms with Gasteiger partial charge in [0.05, 0.1) is 0 Å². The first-order valence-corrected chi connectivity index (χ1v) is 10.0. The molecule has 0 aliphatic heterocycles. The molecule has 0 saturated heterocycles. The quantitative estimate of drug-likeness (QED) is 0.461. The molecule has 0 N–H and O–H groups in total. The molecule has 0 aromatic heterocycles. The monoisotopic (exact) mass is 314 g/mol. The zero-order valence-electron chi connectivity index (χ0n) is 14.0. The summed E-state index contributed by atoms with van der Waals surface area (Å²) in [7, 11) is 0. The van der Waals surface area contributed by atoms with E-state index in [0.29, 0.717) is 5.25 Å².